The van der Waals surface area contributed by atoms with E-state index in [9.17, 15) is 17.6 Å². The molecule has 1 aromatic carbocycles. The molecule has 8 nitrogen and oxygen atoms in total. The molecule has 1 aliphatic rings. The summed E-state index contributed by atoms with van der Waals surface area (Å²) in [7, 11) is -4.02. The lowest BCUT2D eigenvalue weighted by Crippen LogP contribution is -2.13. The van der Waals surface area contributed by atoms with E-state index >= 15 is 0 Å². The molecule has 0 saturated heterocycles. The van der Waals surface area contributed by atoms with Crippen molar-refractivity contribution >= 4 is 16.0 Å². The Morgan fingerprint density at radius 1 is 1.44 bits per heavy atom. The maximum atomic E-state index is 14.4. The lowest BCUT2D eigenvalue weighted by atomic mass is 10.2. The second kappa shape index (κ2) is 6.52. The first-order chi connectivity index (χ1) is 11.8. The van der Waals surface area contributed by atoms with Gasteiger partial charge in [-0.2, -0.15) is 0 Å². The number of aromatic nitrogens is 3. The Kier molecular flexibility index (Phi) is 4.56. The number of sulfonamides is 1. The second-order valence-corrected chi connectivity index (χ2v) is 7.35. The first-order valence-electron chi connectivity index (χ1n) is 7.75. The van der Waals surface area contributed by atoms with Gasteiger partial charge in [-0.3, -0.25) is 0 Å². The smallest absolute Gasteiger partial charge is 0.378 e. The number of nitrogens with zero attached hydrogens (tertiary/aromatic N) is 3. The second-order valence-electron chi connectivity index (χ2n) is 5.79. The summed E-state index contributed by atoms with van der Waals surface area (Å²) in [6.07, 6.45) is 2.62. The number of esters is 1. The third kappa shape index (κ3) is 3.85. The number of rotatable bonds is 6. The number of benzene rings is 1. The van der Waals surface area contributed by atoms with Gasteiger partial charge in [0, 0.05) is 6.42 Å². The summed E-state index contributed by atoms with van der Waals surface area (Å²) < 4.78 is 43.2. The minimum absolute atomic E-state index is 0.00824. The Bertz CT molecular complexity index is 922. The Morgan fingerprint density at radius 3 is 2.72 bits per heavy atom. The molecule has 1 heterocycles. The zero-order chi connectivity index (χ0) is 18.2. The van der Waals surface area contributed by atoms with Crippen LogP contribution in [-0.4, -0.2) is 35.8 Å². The highest BCUT2D eigenvalue weighted by Gasteiger charge is 2.27. The zero-order valence-electron chi connectivity index (χ0n) is 13.5. The van der Waals surface area contributed by atoms with Crippen LogP contribution in [0.2, 0.25) is 0 Å². The van der Waals surface area contributed by atoms with Crippen molar-refractivity contribution in [2.24, 2.45) is 11.1 Å². The third-order valence-corrected chi connectivity index (χ3v) is 4.69. The average molecular weight is 368 g/mol. The van der Waals surface area contributed by atoms with Gasteiger partial charge in [0.15, 0.2) is 0 Å². The van der Waals surface area contributed by atoms with Crippen molar-refractivity contribution in [3.8, 4) is 5.69 Å². The van der Waals surface area contributed by atoms with Gasteiger partial charge >= 0.3 is 5.97 Å². The predicted octanol–water partition coefficient (Wildman–Crippen LogP) is 1.18. The molecule has 0 spiro atoms. The lowest BCUT2D eigenvalue weighted by molar-refractivity contribution is 0.0512. The Labute approximate surface area is 143 Å². The van der Waals surface area contributed by atoms with E-state index < -0.39 is 21.8 Å². The van der Waals surface area contributed by atoms with E-state index in [0.717, 1.165) is 18.9 Å². The number of primary sulfonamides is 1. The molecule has 0 atom stereocenters. The largest absolute Gasteiger partial charge is 0.460 e. The number of halogens is 1. The van der Waals surface area contributed by atoms with Gasteiger partial charge in [0.05, 0.1) is 11.5 Å². The molecule has 1 aromatic heterocycles. The highest BCUT2D eigenvalue weighted by molar-refractivity contribution is 7.89. The van der Waals surface area contributed by atoms with Crippen molar-refractivity contribution in [3.05, 3.63) is 35.7 Å². The third-order valence-electron chi connectivity index (χ3n) is 3.78. The van der Waals surface area contributed by atoms with E-state index in [1.54, 1.807) is 6.92 Å². The summed E-state index contributed by atoms with van der Waals surface area (Å²) in [6, 6.07) is 3.24. The first kappa shape index (κ1) is 17.5. The molecular weight excluding hydrogens is 351 g/mol. The van der Waals surface area contributed by atoms with E-state index in [0.29, 0.717) is 18.2 Å². The Balaban J connectivity index is 2.04. The zero-order valence-corrected chi connectivity index (χ0v) is 14.3. The molecular formula is C15H17FN4O4S. The summed E-state index contributed by atoms with van der Waals surface area (Å²) in [5.41, 5.74) is -0.00824. The summed E-state index contributed by atoms with van der Waals surface area (Å²) >= 11 is 0. The molecule has 1 saturated carbocycles. The maximum Gasteiger partial charge on any atom is 0.378 e. The molecule has 3 rings (SSSR count). The summed E-state index contributed by atoms with van der Waals surface area (Å²) in [5, 5.41) is 9.05. The van der Waals surface area contributed by atoms with Crippen LogP contribution < -0.4 is 5.14 Å². The number of nitrogens with two attached hydrogens (primary N) is 1. The van der Waals surface area contributed by atoms with E-state index in [2.05, 4.69) is 10.1 Å². The Hall–Kier alpha value is -2.33. The van der Waals surface area contributed by atoms with Crippen molar-refractivity contribution < 1.29 is 22.3 Å². The Morgan fingerprint density at radius 2 is 2.16 bits per heavy atom. The number of hydrogen-bond donors (Lipinski definition) is 1. The maximum absolute atomic E-state index is 14.4. The predicted molar refractivity (Wildman–Crippen MR) is 85.1 cm³/mol. The summed E-state index contributed by atoms with van der Waals surface area (Å²) in [4.78, 5) is 15.7. The lowest BCUT2D eigenvalue weighted by Gasteiger charge is -2.08. The first-order valence-corrected chi connectivity index (χ1v) is 9.30. The van der Waals surface area contributed by atoms with Crippen LogP contribution in [0, 0.1) is 11.7 Å². The van der Waals surface area contributed by atoms with Crippen molar-refractivity contribution in [1.82, 2.24) is 14.8 Å². The number of carbonyl (C=O) groups is 1. The fourth-order valence-corrected chi connectivity index (χ4v) is 2.89. The molecule has 2 N–H and O–H groups in total. The SMILES string of the molecule is CCOC(=O)c1nc(CC2CC2)n(-c2ccc(S(N)(=O)=O)cc2F)n1. The van der Waals surface area contributed by atoms with Gasteiger partial charge in [-0.05, 0) is 43.9 Å². The van der Waals surface area contributed by atoms with Crippen LogP contribution in [0.5, 0.6) is 0 Å². The van der Waals surface area contributed by atoms with Gasteiger partial charge in [-0.25, -0.2) is 32.4 Å². The molecule has 0 unspecified atom stereocenters. The van der Waals surface area contributed by atoms with Crippen molar-refractivity contribution in [1.29, 1.82) is 0 Å². The molecule has 1 aliphatic carbocycles. The van der Waals surface area contributed by atoms with Gasteiger partial charge in [-0.15, -0.1) is 5.10 Å². The molecule has 0 amide bonds. The molecule has 25 heavy (non-hydrogen) atoms. The molecule has 0 radical (unpaired) electrons. The number of carbonyl (C=O) groups excluding carboxylic acids is 1. The molecule has 10 heteroatoms. The molecule has 2 aromatic rings. The van der Waals surface area contributed by atoms with Gasteiger partial charge < -0.3 is 4.74 Å². The highest BCUT2D eigenvalue weighted by atomic mass is 32.2. The fraction of sp³-hybridized carbons (Fsp3) is 0.400. The molecule has 134 valence electrons. The van der Waals surface area contributed by atoms with Crippen LogP contribution in [0.3, 0.4) is 0 Å². The monoisotopic (exact) mass is 368 g/mol. The average Bonchev–Trinajstić information content (AvgIpc) is 3.24. The molecule has 0 bridgehead atoms. The quantitative estimate of drug-likeness (QED) is 0.765. The van der Waals surface area contributed by atoms with Crippen LogP contribution in [0.25, 0.3) is 5.69 Å². The van der Waals surface area contributed by atoms with Gasteiger partial charge in [0.1, 0.15) is 17.3 Å². The van der Waals surface area contributed by atoms with Crippen LogP contribution in [0.15, 0.2) is 23.1 Å². The summed E-state index contributed by atoms with van der Waals surface area (Å²) in [6.45, 7) is 1.83. The van der Waals surface area contributed by atoms with E-state index in [1.165, 1.54) is 16.8 Å². The highest BCUT2D eigenvalue weighted by Crippen LogP contribution is 2.33. The number of hydrogen-bond acceptors (Lipinski definition) is 6. The van der Waals surface area contributed by atoms with E-state index in [4.69, 9.17) is 9.88 Å². The van der Waals surface area contributed by atoms with E-state index in [1.807, 2.05) is 0 Å². The van der Waals surface area contributed by atoms with Crippen LogP contribution in [0.4, 0.5) is 4.39 Å². The van der Waals surface area contributed by atoms with Crippen molar-refractivity contribution in [2.45, 2.75) is 31.1 Å². The van der Waals surface area contributed by atoms with Gasteiger partial charge in [0.25, 0.3) is 5.82 Å². The number of ether oxygens (including phenoxy) is 1. The van der Waals surface area contributed by atoms with Gasteiger partial charge in [-0.1, -0.05) is 0 Å². The van der Waals surface area contributed by atoms with Crippen LogP contribution >= 0.6 is 0 Å². The molecule has 1 fully saturated rings. The normalized spacial score (nSPS) is 14.5. The minimum Gasteiger partial charge on any atom is -0.460 e. The minimum atomic E-state index is -4.02. The van der Waals surface area contributed by atoms with E-state index in [-0.39, 0.29) is 23.0 Å². The topological polar surface area (TPSA) is 117 Å². The van der Waals surface area contributed by atoms with Crippen LogP contribution in [0.1, 0.15) is 36.2 Å². The summed E-state index contributed by atoms with van der Waals surface area (Å²) in [5.74, 6) is -0.839. The fourth-order valence-electron chi connectivity index (χ4n) is 2.37. The van der Waals surface area contributed by atoms with Crippen LogP contribution in [-0.2, 0) is 21.2 Å². The van der Waals surface area contributed by atoms with Gasteiger partial charge in [0.2, 0.25) is 10.0 Å². The van der Waals surface area contributed by atoms with Crippen molar-refractivity contribution in [3.63, 3.8) is 0 Å². The molecule has 0 aliphatic heterocycles. The van der Waals surface area contributed by atoms with Crippen molar-refractivity contribution in [2.75, 3.05) is 6.61 Å². The standard InChI is InChI=1S/C15H17FN4O4S/c1-2-24-15(21)14-18-13(7-9-3-4-9)20(19-14)12-6-5-10(8-11(12)16)25(17,22)23/h5-6,8-9H,2-4,7H2,1H3,(H2,17,22,23).